The molecule has 2 aromatic carbocycles. The highest BCUT2D eigenvalue weighted by Crippen LogP contribution is 2.16. The summed E-state index contributed by atoms with van der Waals surface area (Å²) in [6.45, 7) is 0. The van der Waals surface area contributed by atoms with Crippen LogP contribution < -0.4 is 0 Å². The number of pyridine rings is 2. The maximum absolute atomic E-state index is 9.10. The summed E-state index contributed by atoms with van der Waals surface area (Å²) in [5.74, 6) is 0.283. The van der Waals surface area contributed by atoms with E-state index in [1.807, 2.05) is 42.6 Å². The number of hydrogen-bond acceptors (Lipinski definition) is 3. The highest BCUT2D eigenvalue weighted by molar-refractivity contribution is 5.79. The Labute approximate surface area is 122 Å². The first-order chi connectivity index (χ1) is 10.3. The molecular formula is C18H14N2O. The standard InChI is InChI=1S/C9H7NO.C9H7N/c11-8-3-4-9-7(6-8)2-1-5-10-9;1-2-6-9-8(4-1)5-3-7-10-9/h1-6,11H;1-7H. The molecule has 0 saturated heterocycles. The van der Waals surface area contributed by atoms with E-state index in [0.717, 1.165) is 16.4 Å². The second-order valence-electron chi connectivity index (χ2n) is 4.58. The average Bonchev–Trinajstić information content (AvgIpc) is 2.55. The van der Waals surface area contributed by atoms with Crippen molar-refractivity contribution >= 4 is 21.8 Å². The van der Waals surface area contributed by atoms with E-state index in [2.05, 4.69) is 22.1 Å². The van der Waals surface area contributed by atoms with E-state index in [9.17, 15) is 0 Å². The Bertz CT molecular complexity index is 809. The number of fused-ring (bicyclic) bond motifs is 2. The summed E-state index contributed by atoms with van der Waals surface area (Å²) in [7, 11) is 0. The summed E-state index contributed by atoms with van der Waals surface area (Å²) < 4.78 is 0. The minimum atomic E-state index is 0.283. The molecular weight excluding hydrogens is 260 g/mol. The third-order valence-electron chi connectivity index (χ3n) is 3.10. The van der Waals surface area contributed by atoms with E-state index in [1.165, 1.54) is 5.39 Å². The van der Waals surface area contributed by atoms with Gasteiger partial charge in [-0.05, 0) is 36.4 Å². The lowest BCUT2D eigenvalue weighted by atomic mass is 10.2. The van der Waals surface area contributed by atoms with Gasteiger partial charge in [-0.2, -0.15) is 0 Å². The van der Waals surface area contributed by atoms with Gasteiger partial charge in [0.05, 0.1) is 11.0 Å². The van der Waals surface area contributed by atoms with Gasteiger partial charge in [-0.15, -0.1) is 0 Å². The van der Waals surface area contributed by atoms with Crippen LogP contribution in [0.2, 0.25) is 0 Å². The van der Waals surface area contributed by atoms with Crippen LogP contribution >= 0.6 is 0 Å². The zero-order valence-corrected chi connectivity index (χ0v) is 11.3. The summed E-state index contributed by atoms with van der Waals surface area (Å²) in [6.07, 6.45) is 3.54. The lowest BCUT2D eigenvalue weighted by molar-refractivity contribution is 0.476. The Kier molecular flexibility index (Phi) is 3.74. The quantitative estimate of drug-likeness (QED) is 0.523. The van der Waals surface area contributed by atoms with E-state index in [0.29, 0.717) is 0 Å². The van der Waals surface area contributed by atoms with Crippen LogP contribution in [0.5, 0.6) is 5.75 Å². The summed E-state index contributed by atoms with van der Waals surface area (Å²) in [5.41, 5.74) is 1.97. The number of rotatable bonds is 0. The normalized spacial score (nSPS) is 10.1. The van der Waals surface area contributed by atoms with Gasteiger partial charge in [0.15, 0.2) is 0 Å². The Morgan fingerprint density at radius 1 is 0.619 bits per heavy atom. The molecule has 2 heterocycles. The topological polar surface area (TPSA) is 46.0 Å². The molecule has 2 aromatic heterocycles. The van der Waals surface area contributed by atoms with E-state index >= 15 is 0 Å². The molecule has 3 heteroatoms. The zero-order chi connectivity index (χ0) is 14.5. The smallest absolute Gasteiger partial charge is 0.116 e. The third kappa shape index (κ3) is 3.15. The van der Waals surface area contributed by atoms with Crippen molar-refractivity contribution in [1.29, 1.82) is 0 Å². The van der Waals surface area contributed by atoms with Crippen LogP contribution in [0.25, 0.3) is 21.8 Å². The predicted molar refractivity (Wildman–Crippen MR) is 85.2 cm³/mol. The second-order valence-corrected chi connectivity index (χ2v) is 4.58. The van der Waals surface area contributed by atoms with Crippen LogP contribution in [0.4, 0.5) is 0 Å². The predicted octanol–water partition coefficient (Wildman–Crippen LogP) is 4.18. The number of phenols is 1. The van der Waals surface area contributed by atoms with Crippen LogP contribution in [-0.2, 0) is 0 Å². The van der Waals surface area contributed by atoms with Gasteiger partial charge in [0.25, 0.3) is 0 Å². The van der Waals surface area contributed by atoms with Crippen molar-refractivity contribution in [2.24, 2.45) is 0 Å². The summed E-state index contributed by atoms with van der Waals surface area (Å²) >= 11 is 0. The van der Waals surface area contributed by atoms with Crippen molar-refractivity contribution < 1.29 is 5.11 Å². The lowest BCUT2D eigenvalue weighted by Crippen LogP contribution is -1.75. The highest BCUT2D eigenvalue weighted by Gasteiger charge is 1.92. The van der Waals surface area contributed by atoms with Crippen LogP contribution in [0.3, 0.4) is 0 Å². The molecule has 0 aliphatic carbocycles. The summed E-state index contributed by atoms with van der Waals surface area (Å²) in [5, 5.41) is 11.3. The average molecular weight is 274 g/mol. The second kappa shape index (κ2) is 6.01. The molecule has 0 saturated carbocycles. The third-order valence-corrected chi connectivity index (χ3v) is 3.10. The molecule has 4 aromatic rings. The van der Waals surface area contributed by atoms with Crippen molar-refractivity contribution in [1.82, 2.24) is 9.97 Å². The van der Waals surface area contributed by atoms with Gasteiger partial charge in [0.1, 0.15) is 5.75 Å². The molecule has 3 nitrogen and oxygen atoms in total. The van der Waals surface area contributed by atoms with E-state index < -0.39 is 0 Å². The molecule has 0 atom stereocenters. The molecule has 4 rings (SSSR count). The molecule has 0 amide bonds. The maximum Gasteiger partial charge on any atom is 0.116 e. The first-order valence-electron chi connectivity index (χ1n) is 6.66. The molecule has 102 valence electrons. The molecule has 0 unspecified atom stereocenters. The van der Waals surface area contributed by atoms with Gasteiger partial charge in [-0.1, -0.05) is 30.3 Å². The Morgan fingerprint density at radius 3 is 2.00 bits per heavy atom. The number of phenolic OH excluding ortho intramolecular Hbond substituents is 1. The lowest BCUT2D eigenvalue weighted by Gasteiger charge is -1.95. The van der Waals surface area contributed by atoms with Gasteiger partial charge in [0.2, 0.25) is 0 Å². The number of aromatic hydroxyl groups is 1. The number of hydrogen-bond donors (Lipinski definition) is 1. The minimum Gasteiger partial charge on any atom is -0.508 e. The van der Waals surface area contributed by atoms with Crippen molar-refractivity contribution in [2.45, 2.75) is 0 Å². The van der Waals surface area contributed by atoms with Crippen molar-refractivity contribution in [2.75, 3.05) is 0 Å². The van der Waals surface area contributed by atoms with Crippen LogP contribution in [0.1, 0.15) is 0 Å². The zero-order valence-electron chi connectivity index (χ0n) is 11.3. The summed E-state index contributed by atoms with van der Waals surface area (Å²) in [4.78, 5) is 8.29. The van der Waals surface area contributed by atoms with Gasteiger partial charge in [-0.3, -0.25) is 9.97 Å². The molecule has 21 heavy (non-hydrogen) atoms. The van der Waals surface area contributed by atoms with Crippen molar-refractivity contribution in [3.8, 4) is 5.75 Å². The Balaban J connectivity index is 0.000000126. The van der Waals surface area contributed by atoms with Gasteiger partial charge in [-0.25, -0.2) is 0 Å². The van der Waals surface area contributed by atoms with E-state index in [4.69, 9.17) is 5.11 Å². The molecule has 0 radical (unpaired) electrons. The fourth-order valence-electron chi connectivity index (χ4n) is 2.08. The molecule has 0 aliphatic rings. The number of nitrogens with zero attached hydrogens (tertiary/aromatic N) is 2. The molecule has 1 N–H and O–H groups in total. The van der Waals surface area contributed by atoms with Gasteiger partial charge < -0.3 is 5.11 Å². The van der Waals surface area contributed by atoms with Crippen LogP contribution in [0.15, 0.2) is 79.1 Å². The van der Waals surface area contributed by atoms with Crippen LogP contribution in [-0.4, -0.2) is 15.1 Å². The highest BCUT2D eigenvalue weighted by atomic mass is 16.3. The SMILES string of the molecule is Oc1ccc2ncccc2c1.c1ccc2ncccc2c1. The fraction of sp³-hybridized carbons (Fsp3) is 0. The number of benzene rings is 2. The van der Waals surface area contributed by atoms with E-state index in [-0.39, 0.29) is 5.75 Å². The molecule has 0 bridgehead atoms. The fourth-order valence-corrected chi connectivity index (χ4v) is 2.08. The van der Waals surface area contributed by atoms with Crippen molar-refractivity contribution in [3.63, 3.8) is 0 Å². The Hall–Kier alpha value is -2.94. The largest absolute Gasteiger partial charge is 0.508 e. The minimum absolute atomic E-state index is 0.283. The van der Waals surface area contributed by atoms with Crippen molar-refractivity contribution in [3.05, 3.63) is 79.1 Å². The van der Waals surface area contributed by atoms with Gasteiger partial charge >= 0.3 is 0 Å². The molecule has 0 fully saturated rings. The molecule has 0 spiro atoms. The molecule has 0 aliphatic heterocycles. The maximum atomic E-state index is 9.10. The first-order valence-corrected chi connectivity index (χ1v) is 6.66. The van der Waals surface area contributed by atoms with E-state index in [1.54, 1.807) is 24.4 Å². The monoisotopic (exact) mass is 274 g/mol. The Morgan fingerprint density at radius 2 is 1.24 bits per heavy atom. The number of aromatic nitrogens is 2. The first kappa shape index (κ1) is 13.1. The number of para-hydroxylation sites is 1. The summed E-state index contributed by atoms with van der Waals surface area (Å²) in [6, 6.07) is 21.0. The van der Waals surface area contributed by atoms with Gasteiger partial charge in [0, 0.05) is 23.2 Å². The van der Waals surface area contributed by atoms with Crippen LogP contribution in [0, 0.1) is 0 Å².